The number of hydrogen-bond donors (Lipinski definition) is 1. The lowest BCUT2D eigenvalue weighted by molar-refractivity contribution is 0.0955. The van der Waals surface area contributed by atoms with Crippen molar-refractivity contribution in [3.05, 3.63) is 111 Å². The third kappa shape index (κ3) is 5.81. The zero-order chi connectivity index (χ0) is 24.8. The van der Waals surface area contributed by atoms with Crippen molar-refractivity contribution in [3.63, 3.8) is 0 Å². The van der Waals surface area contributed by atoms with Gasteiger partial charge in [-0.15, -0.1) is 0 Å². The first kappa shape index (κ1) is 24.3. The summed E-state index contributed by atoms with van der Waals surface area (Å²) >= 11 is 3.55. The molecule has 0 spiro atoms. The van der Waals surface area contributed by atoms with Crippen molar-refractivity contribution < 1.29 is 14.3 Å². The van der Waals surface area contributed by atoms with Gasteiger partial charge in [0.25, 0.3) is 5.91 Å². The number of carbonyl (C=O) groups excluding carboxylic acids is 1. The molecule has 0 saturated carbocycles. The van der Waals surface area contributed by atoms with E-state index in [1.807, 2.05) is 48.5 Å². The van der Waals surface area contributed by atoms with Crippen LogP contribution in [-0.2, 0) is 6.61 Å². The number of aromatic nitrogens is 1. The Hall–Kier alpha value is -3.84. The molecule has 0 bridgehead atoms. The fourth-order valence-electron chi connectivity index (χ4n) is 3.72. The molecule has 0 aliphatic carbocycles. The lowest BCUT2D eigenvalue weighted by Gasteiger charge is -2.13. The summed E-state index contributed by atoms with van der Waals surface area (Å²) in [4.78, 5) is 12.6. The first-order valence-corrected chi connectivity index (χ1v) is 11.9. The van der Waals surface area contributed by atoms with E-state index in [2.05, 4.69) is 57.0 Å². The fraction of sp³-hybridized carbons (Fsp3) is 0.143. The van der Waals surface area contributed by atoms with Crippen molar-refractivity contribution in [1.29, 1.82) is 0 Å². The number of ether oxygens (including phenoxy) is 2. The minimum atomic E-state index is -0.292. The van der Waals surface area contributed by atoms with Gasteiger partial charge in [-0.2, -0.15) is 5.10 Å². The first-order chi connectivity index (χ1) is 17.0. The maximum atomic E-state index is 12.6. The number of hydrogen-bond acceptors (Lipinski definition) is 4. The zero-order valence-electron chi connectivity index (χ0n) is 19.8. The van der Waals surface area contributed by atoms with E-state index in [0.717, 1.165) is 32.7 Å². The van der Waals surface area contributed by atoms with Crippen LogP contribution in [0.25, 0.3) is 5.69 Å². The van der Waals surface area contributed by atoms with Gasteiger partial charge in [0.15, 0.2) is 11.5 Å². The van der Waals surface area contributed by atoms with Crippen LogP contribution in [0.4, 0.5) is 0 Å². The highest BCUT2D eigenvalue weighted by atomic mass is 79.9. The van der Waals surface area contributed by atoms with Crippen molar-refractivity contribution in [3.8, 4) is 17.2 Å². The molecule has 1 amide bonds. The molecule has 3 aromatic carbocycles. The number of benzene rings is 3. The highest BCUT2D eigenvalue weighted by molar-refractivity contribution is 9.10. The third-order valence-corrected chi connectivity index (χ3v) is 6.24. The molecule has 7 heteroatoms. The standard InChI is InChI=1S/C28H26BrN3O3/c1-19-9-10-20(2)32(19)24-13-11-22(12-14-24)28(33)31-30-17-23-15-26(34-3)27(16-25(23)29)35-18-21-7-5-4-6-8-21/h4-17H,18H2,1-3H3,(H,31,33)/b30-17-. The van der Waals surface area contributed by atoms with Crippen molar-refractivity contribution >= 4 is 28.1 Å². The Morgan fingerprint density at radius 1 is 0.971 bits per heavy atom. The highest BCUT2D eigenvalue weighted by Gasteiger charge is 2.11. The summed E-state index contributed by atoms with van der Waals surface area (Å²) in [6.45, 7) is 4.53. The molecule has 1 heterocycles. The van der Waals surface area contributed by atoms with Gasteiger partial charge in [0.2, 0.25) is 0 Å². The summed E-state index contributed by atoms with van der Waals surface area (Å²) in [5.41, 5.74) is 8.19. The molecular formula is C28H26BrN3O3. The average Bonchev–Trinajstić information content (AvgIpc) is 3.22. The van der Waals surface area contributed by atoms with Crippen LogP contribution < -0.4 is 14.9 Å². The average molecular weight is 532 g/mol. The lowest BCUT2D eigenvalue weighted by atomic mass is 10.2. The Morgan fingerprint density at radius 3 is 2.31 bits per heavy atom. The van der Waals surface area contributed by atoms with Crippen molar-refractivity contribution in [2.45, 2.75) is 20.5 Å². The second kappa shape index (κ2) is 11.1. The van der Waals surface area contributed by atoms with Crippen LogP contribution in [0.3, 0.4) is 0 Å². The van der Waals surface area contributed by atoms with E-state index in [9.17, 15) is 4.79 Å². The molecule has 1 N–H and O–H groups in total. The second-order valence-electron chi connectivity index (χ2n) is 8.00. The largest absolute Gasteiger partial charge is 0.493 e. The molecule has 4 aromatic rings. The van der Waals surface area contributed by atoms with Gasteiger partial charge in [0.1, 0.15) is 6.61 Å². The maximum absolute atomic E-state index is 12.6. The Bertz CT molecular complexity index is 1330. The number of aryl methyl sites for hydroxylation is 2. The Balaban J connectivity index is 1.41. The minimum absolute atomic E-state index is 0.292. The van der Waals surface area contributed by atoms with Gasteiger partial charge in [0.05, 0.1) is 13.3 Å². The highest BCUT2D eigenvalue weighted by Crippen LogP contribution is 2.33. The minimum Gasteiger partial charge on any atom is -0.493 e. The number of amides is 1. The number of carbonyl (C=O) groups is 1. The Morgan fingerprint density at radius 2 is 1.66 bits per heavy atom. The summed E-state index contributed by atoms with van der Waals surface area (Å²) < 4.78 is 14.3. The van der Waals surface area contributed by atoms with Gasteiger partial charge in [-0.05, 0) is 83.9 Å². The maximum Gasteiger partial charge on any atom is 0.271 e. The summed E-state index contributed by atoms with van der Waals surface area (Å²) in [5, 5.41) is 4.12. The first-order valence-electron chi connectivity index (χ1n) is 11.1. The Kier molecular flexibility index (Phi) is 7.67. The van der Waals surface area contributed by atoms with Crippen LogP contribution in [0.2, 0.25) is 0 Å². The summed E-state index contributed by atoms with van der Waals surface area (Å²) in [6, 6.07) is 25.1. The predicted octanol–water partition coefficient (Wildman–Crippen LogP) is 6.21. The monoisotopic (exact) mass is 531 g/mol. The number of halogens is 1. The van der Waals surface area contributed by atoms with E-state index in [1.165, 1.54) is 0 Å². The van der Waals surface area contributed by atoms with Crippen LogP contribution >= 0.6 is 15.9 Å². The van der Waals surface area contributed by atoms with Crippen LogP contribution in [0.15, 0.2) is 88.4 Å². The van der Waals surface area contributed by atoms with E-state index in [1.54, 1.807) is 31.5 Å². The summed E-state index contributed by atoms with van der Waals surface area (Å²) in [6.07, 6.45) is 1.56. The molecule has 1 aromatic heterocycles. The van der Waals surface area contributed by atoms with Crippen LogP contribution in [0.1, 0.15) is 32.9 Å². The van der Waals surface area contributed by atoms with Gasteiger partial charge in [-0.1, -0.05) is 30.3 Å². The number of methoxy groups -OCH3 is 1. The number of rotatable bonds is 8. The number of nitrogens with one attached hydrogen (secondary N) is 1. The third-order valence-electron chi connectivity index (χ3n) is 5.55. The van der Waals surface area contributed by atoms with E-state index < -0.39 is 0 Å². The number of nitrogens with zero attached hydrogens (tertiary/aromatic N) is 2. The van der Waals surface area contributed by atoms with Crippen molar-refractivity contribution in [1.82, 2.24) is 9.99 Å². The molecule has 35 heavy (non-hydrogen) atoms. The molecule has 0 aliphatic rings. The van der Waals surface area contributed by atoms with E-state index in [-0.39, 0.29) is 5.91 Å². The quantitative estimate of drug-likeness (QED) is 0.217. The van der Waals surface area contributed by atoms with E-state index in [4.69, 9.17) is 9.47 Å². The molecule has 0 fully saturated rings. The molecule has 0 radical (unpaired) electrons. The summed E-state index contributed by atoms with van der Waals surface area (Å²) in [5.74, 6) is 0.889. The molecule has 6 nitrogen and oxygen atoms in total. The van der Waals surface area contributed by atoms with E-state index in [0.29, 0.717) is 23.7 Å². The molecule has 4 rings (SSSR count). The SMILES string of the molecule is COc1cc(/C=N\NC(=O)c2ccc(-n3c(C)ccc3C)cc2)c(Br)cc1OCc1ccccc1. The van der Waals surface area contributed by atoms with E-state index >= 15 is 0 Å². The van der Waals surface area contributed by atoms with Crippen LogP contribution in [-0.4, -0.2) is 23.8 Å². The Labute approximate surface area is 213 Å². The number of hydrazone groups is 1. The smallest absolute Gasteiger partial charge is 0.271 e. The molecule has 0 aliphatic heterocycles. The second-order valence-corrected chi connectivity index (χ2v) is 8.85. The van der Waals surface area contributed by atoms with Crippen molar-refractivity contribution in [2.24, 2.45) is 5.10 Å². The lowest BCUT2D eigenvalue weighted by Crippen LogP contribution is -2.17. The van der Waals surface area contributed by atoms with Gasteiger partial charge in [0, 0.05) is 32.7 Å². The van der Waals surface area contributed by atoms with Gasteiger partial charge in [-0.3, -0.25) is 4.79 Å². The van der Waals surface area contributed by atoms with Crippen molar-refractivity contribution in [2.75, 3.05) is 7.11 Å². The zero-order valence-corrected chi connectivity index (χ0v) is 21.4. The van der Waals surface area contributed by atoms with Gasteiger partial charge in [-0.25, -0.2) is 5.43 Å². The molecule has 0 saturated heterocycles. The van der Waals surface area contributed by atoms with Gasteiger partial charge < -0.3 is 14.0 Å². The molecule has 0 unspecified atom stereocenters. The van der Waals surface area contributed by atoms with Crippen LogP contribution in [0.5, 0.6) is 11.5 Å². The molecule has 178 valence electrons. The fourth-order valence-corrected chi connectivity index (χ4v) is 4.14. The molecular weight excluding hydrogens is 506 g/mol. The van der Waals surface area contributed by atoms with Crippen LogP contribution in [0, 0.1) is 13.8 Å². The topological polar surface area (TPSA) is 64.8 Å². The van der Waals surface area contributed by atoms with Gasteiger partial charge >= 0.3 is 0 Å². The normalized spacial score (nSPS) is 11.0. The molecule has 0 atom stereocenters. The predicted molar refractivity (Wildman–Crippen MR) is 142 cm³/mol. The summed E-state index contributed by atoms with van der Waals surface area (Å²) in [7, 11) is 1.59.